The van der Waals surface area contributed by atoms with Gasteiger partial charge in [0.25, 0.3) is 0 Å². The molecule has 0 N–H and O–H groups in total. The third-order valence-electron chi connectivity index (χ3n) is 2.15. The zero-order valence-corrected chi connectivity index (χ0v) is 8.85. The number of ketones is 1. The minimum Gasteiger partial charge on any atom is -0.492 e. The Balaban J connectivity index is 2.58. The number of benzene rings is 1. The van der Waals surface area contributed by atoms with E-state index in [1.807, 2.05) is 19.1 Å². The summed E-state index contributed by atoms with van der Waals surface area (Å²) in [5.41, 5.74) is 1.78. The predicted octanol–water partition coefficient (Wildman–Crippen LogP) is 2.72. The predicted molar refractivity (Wildman–Crippen MR) is 53.3 cm³/mol. The number of rotatable bonds is 0. The Morgan fingerprint density at radius 3 is 3.00 bits per heavy atom. The van der Waals surface area contributed by atoms with E-state index in [1.165, 1.54) is 0 Å². The van der Waals surface area contributed by atoms with Crippen LogP contribution in [0, 0.1) is 6.92 Å². The fraction of sp³-hybridized carbons (Fsp3) is 0.300. The highest BCUT2D eigenvalue weighted by Crippen LogP contribution is 2.30. The molecule has 3 heteroatoms. The van der Waals surface area contributed by atoms with E-state index in [2.05, 4.69) is 15.9 Å². The van der Waals surface area contributed by atoms with E-state index < -0.39 is 0 Å². The molecule has 2 rings (SSSR count). The van der Waals surface area contributed by atoms with Gasteiger partial charge < -0.3 is 4.74 Å². The summed E-state index contributed by atoms with van der Waals surface area (Å²) in [5.74, 6) is 0.880. The fourth-order valence-corrected chi connectivity index (χ4v) is 1.71. The molecule has 0 aromatic heterocycles. The van der Waals surface area contributed by atoms with Gasteiger partial charge in [-0.05, 0) is 24.6 Å². The third-order valence-corrected chi connectivity index (χ3v) is 3.00. The lowest BCUT2D eigenvalue weighted by Crippen LogP contribution is -2.15. The minimum atomic E-state index is 0.178. The van der Waals surface area contributed by atoms with Gasteiger partial charge in [-0.2, -0.15) is 0 Å². The molecule has 0 bridgehead atoms. The largest absolute Gasteiger partial charge is 0.492 e. The van der Waals surface area contributed by atoms with E-state index >= 15 is 0 Å². The lowest BCUT2D eigenvalue weighted by Gasteiger charge is -2.17. The van der Waals surface area contributed by atoms with Crippen molar-refractivity contribution in [3.63, 3.8) is 0 Å². The Morgan fingerprint density at radius 1 is 1.46 bits per heavy atom. The maximum absolute atomic E-state index is 11.5. The number of fused-ring (bicyclic) bond motifs is 1. The van der Waals surface area contributed by atoms with Crippen molar-refractivity contribution in [2.24, 2.45) is 0 Å². The summed E-state index contributed by atoms with van der Waals surface area (Å²) >= 11 is 3.40. The monoisotopic (exact) mass is 240 g/mol. The summed E-state index contributed by atoms with van der Waals surface area (Å²) in [4.78, 5) is 11.5. The first kappa shape index (κ1) is 8.75. The van der Waals surface area contributed by atoms with Crippen LogP contribution in [0.1, 0.15) is 22.3 Å². The smallest absolute Gasteiger partial charge is 0.170 e. The average Bonchev–Trinajstić information content (AvgIpc) is 2.09. The van der Waals surface area contributed by atoms with Crippen molar-refractivity contribution in [2.75, 3.05) is 6.61 Å². The number of Topliss-reactive ketones (excluding diaryl/α,β-unsaturated/α-hetero) is 1. The fourth-order valence-electron chi connectivity index (χ4n) is 1.39. The Hall–Kier alpha value is -0.830. The maximum Gasteiger partial charge on any atom is 0.170 e. The number of hydrogen-bond acceptors (Lipinski definition) is 2. The van der Waals surface area contributed by atoms with Gasteiger partial charge in [-0.3, -0.25) is 4.79 Å². The lowest BCUT2D eigenvalue weighted by atomic mass is 10.0. The molecule has 2 nitrogen and oxygen atoms in total. The van der Waals surface area contributed by atoms with Crippen molar-refractivity contribution in [1.29, 1.82) is 0 Å². The molecule has 1 aromatic carbocycles. The zero-order valence-electron chi connectivity index (χ0n) is 7.26. The summed E-state index contributed by atoms with van der Waals surface area (Å²) in [5, 5.41) is 0. The first-order valence-electron chi connectivity index (χ1n) is 4.14. The van der Waals surface area contributed by atoms with E-state index in [1.54, 1.807) is 0 Å². The quantitative estimate of drug-likeness (QED) is 0.698. The van der Waals surface area contributed by atoms with Crippen LogP contribution in [0.2, 0.25) is 0 Å². The highest BCUT2D eigenvalue weighted by molar-refractivity contribution is 9.10. The normalized spacial score (nSPS) is 15.1. The molecule has 0 saturated carbocycles. The van der Waals surface area contributed by atoms with Crippen molar-refractivity contribution in [3.05, 3.63) is 27.7 Å². The lowest BCUT2D eigenvalue weighted by molar-refractivity contribution is 0.0933. The summed E-state index contributed by atoms with van der Waals surface area (Å²) in [7, 11) is 0. The summed E-state index contributed by atoms with van der Waals surface area (Å²) < 4.78 is 6.37. The highest BCUT2D eigenvalue weighted by atomic mass is 79.9. The molecule has 0 spiro atoms. The van der Waals surface area contributed by atoms with E-state index in [0.717, 1.165) is 10.0 Å². The third kappa shape index (κ3) is 1.48. The molecule has 0 saturated heterocycles. The summed E-state index contributed by atoms with van der Waals surface area (Å²) in [6.07, 6.45) is 0.494. The van der Waals surface area contributed by atoms with Crippen LogP contribution in [0.3, 0.4) is 0 Å². The van der Waals surface area contributed by atoms with Crippen LogP contribution in [0.15, 0.2) is 16.6 Å². The van der Waals surface area contributed by atoms with E-state index in [9.17, 15) is 4.79 Å². The highest BCUT2D eigenvalue weighted by Gasteiger charge is 2.19. The van der Waals surface area contributed by atoms with E-state index in [0.29, 0.717) is 24.3 Å². The number of carbonyl (C=O) groups excluding carboxylic acids is 1. The van der Waals surface area contributed by atoms with Crippen molar-refractivity contribution >= 4 is 21.7 Å². The molecule has 13 heavy (non-hydrogen) atoms. The van der Waals surface area contributed by atoms with E-state index in [4.69, 9.17) is 4.74 Å². The molecule has 68 valence electrons. The molecule has 0 fully saturated rings. The second kappa shape index (κ2) is 3.14. The van der Waals surface area contributed by atoms with Gasteiger partial charge in [-0.1, -0.05) is 15.9 Å². The van der Waals surface area contributed by atoms with Gasteiger partial charge in [-0.15, -0.1) is 0 Å². The maximum atomic E-state index is 11.5. The Kier molecular flexibility index (Phi) is 2.12. The Labute approximate surface area is 85.0 Å². The second-order valence-corrected chi connectivity index (χ2v) is 3.97. The van der Waals surface area contributed by atoms with Crippen LogP contribution in [-0.2, 0) is 0 Å². The second-order valence-electron chi connectivity index (χ2n) is 3.12. The molecule has 0 aliphatic carbocycles. The number of halogens is 1. The molecule has 0 atom stereocenters. The molecule has 1 aromatic rings. The standard InChI is InChI=1S/C10H9BrO2/c1-6-4-7-9(12)2-3-13-10(7)5-8(6)11/h4-5H,2-3H2,1H3. The number of carbonyl (C=O) groups is 1. The number of hydrogen-bond donors (Lipinski definition) is 0. The summed E-state index contributed by atoms with van der Waals surface area (Å²) in [6, 6.07) is 3.74. The first-order chi connectivity index (χ1) is 6.18. The van der Waals surface area contributed by atoms with Crippen LogP contribution in [0.25, 0.3) is 0 Å². The summed E-state index contributed by atoms with van der Waals surface area (Å²) in [6.45, 7) is 2.47. The van der Waals surface area contributed by atoms with Crippen LogP contribution < -0.4 is 4.74 Å². The topological polar surface area (TPSA) is 26.3 Å². The van der Waals surface area contributed by atoms with Crippen molar-refractivity contribution in [1.82, 2.24) is 0 Å². The average molecular weight is 241 g/mol. The van der Waals surface area contributed by atoms with E-state index in [-0.39, 0.29) is 5.78 Å². The van der Waals surface area contributed by atoms with Crippen molar-refractivity contribution < 1.29 is 9.53 Å². The van der Waals surface area contributed by atoms with Gasteiger partial charge in [0.2, 0.25) is 0 Å². The van der Waals surface area contributed by atoms with Gasteiger partial charge in [0.1, 0.15) is 5.75 Å². The first-order valence-corrected chi connectivity index (χ1v) is 4.94. The minimum absolute atomic E-state index is 0.178. The molecule has 1 aliphatic heterocycles. The van der Waals surface area contributed by atoms with Gasteiger partial charge in [-0.25, -0.2) is 0 Å². The van der Waals surface area contributed by atoms with Crippen LogP contribution in [0.5, 0.6) is 5.75 Å². The Morgan fingerprint density at radius 2 is 2.23 bits per heavy atom. The SMILES string of the molecule is Cc1cc2c(cc1Br)OCCC2=O. The van der Waals surface area contributed by atoms with Gasteiger partial charge in [0.15, 0.2) is 5.78 Å². The van der Waals surface area contributed by atoms with Crippen molar-refractivity contribution in [3.8, 4) is 5.75 Å². The molecular formula is C10H9BrO2. The van der Waals surface area contributed by atoms with Crippen LogP contribution >= 0.6 is 15.9 Å². The van der Waals surface area contributed by atoms with Crippen molar-refractivity contribution in [2.45, 2.75) is 13.3 Å². The van der Waals surface area contributed by atoms with Gasteiger partial charge in [0.05, 0.1) is 12.2 Å². The Bertz CT molecular complexity index is 371. The van der Waals surface area contributed by atoms with Crippen LogP contribution in [-0.4, -0.2) is 12.4 Å². The molecule has 0 amide bonds. The number of ether oxygens (including phenoxy) is 1. The number of aryl methyl sites for hydroxylation is 1. The van der Waals surface area contributed by atoms with Crippen LogP contribution in [0.4, 0.5) is 0 Å². The van der Waals surface area contributed by atoms with Gasteiger partial charge >= 0.3 is 0 Å². The van der Waals surface area contributed by atoms with Gasteiger partial charge in [0, 0.05) is 10.9 Å². The molecule has 1 heterocycles. The molecule has 1 aliphatic rings. The molecule has 0 unspecified atom stereocenters. The molecular weight excluding hydrogens is 232 g/mol. The molecule has 0 radical (unpaired) electrons. The zero-order chi connectivity index (χ0) is 9.42.